The maximum absolute atomic E-state index is 8.78. The fourth-order valence-corrected chi connectivity index (χ4v) is 1.68. The van der Waals surface area contributed by atoms with E-state index in [1.165, 1.54) is 0 Å². The van der Waals surface area contributed by atoms with Gasteiger partial charge in [0.15, 0.2) is 0 Å². The van der Waals surface area contributed by atoms with E-state index < -0.39 is 0 Å². The van der Waals surface area contributed by atoms with Crippen molar-refractivity contribution in [3.05, 3.63) is 28.8 Å². The SMILES string of the molecule is CCN(CCOC)c1ccc(C#N)c(Cl)c1. The second-order valence-electron chi connectivity index (χ2n) is 3.35. The predicted octanol–water partition coefficient (Wildman–Crippen LogP) is 2.68. The van der Waals surface area contributed by atoms with Gasteiger partial charge in [-0.05, 0) is 25.1 Å². The number of halogens is 1. The van der Waals surface area contributed by atoms with E-state index in [0.29, 0.717) is 17.2 Å². The summed E-state index contributed by atoms with van der Waals surface area (Å²) in [6, 6.07) is 7.52. The summed E-state index contributed by atoms with van der Waals surface area (Å²) in [6.45, 7) is 4.44. The van der Waals surface area contributed by atoms with E-state index >= 15 is 0 Å². The van der Waals surface area contributed by atoms with Crippen LogP contribution in [0.3, 0.4) is 0 Å². The van der Waals surface area contributed by atoms with E-state index in [9.17, 15) is 0 Å². The molecule has 16 heavy (non-hydrogen) atoms. The number of ether oxygens (including phenoxy) is 1. The van der Waals surface area contributed by atoms with Crippen LogP contribution in [0.2, 0.25) is 5.02 Å². The van der Waals surface area contributed by atoms with Crippen molar-refractivity contribution in [3.63, 3.8) is 0 Å². The first-order valence-electron chi connectivity index (χ1n) is 5.16. The summed E-state index contributed by atoms with van der Waals surface area (Å²) in [5.74, 6) is 0. The Labute approximate surface area is 101 Å². The van der Waals surface area contributed by atoms with Gasteiger partial charge in [-0.1, -0.05) is 11.6 Å². The minimum absolute atomic E-state index is 0.496. The first-order valence-corrected chi connectivity index (χ1v) is 5.54. The van der Waals surface area contributed by atoms with Crippen LogP contribution in [-0.2, 0) is 4.74 Å². The Morgan fingerprint density at radius 2 is 2.25 bits per heavy atom. The van der Waals surface area contributed by atoms with Gasteiger partial charge in [0.2, 0.25) is 0 Å². The molecule has 0 aliphatic carbocycles. The van der Waals surface area contributed by atoms with Crippen LogP contribution in [-0.4, -0.2) is 26.8 Å². The quantitative estimate of drug-likeness (QED) is 0.791. The molecule has 0 heterocycles. The minimum Gasteiger partial charge on any atom is -0.383 e. The van der Waals surface area contributed by atoms with Gasteiger partial charge in [-0.15, -0.1) is 0 Å². The van der Waals surface area contributed by atoms with Crippen LogP contribution < -0.4 is 4.90 Å². The molecule has 0 spiro atoms. The summed E-state index contributed by atoms with van der Waals surface area (Å²) in [4.78, 5) is 2.15. The summed E-state index contributed by atoms with van der Waals surface area (Å²) in [7, 11) is 1.68. The lowest BCUT2D eigenvalue weighted by molar-refractivity contribution is 0.205. The van der Waals surface area contributed by atoms with E-state index in [-0.39, 0.29) is 0 Å². The standard InChI is InChI=1S/C12H15ClN2O/c1-3-15(6-7-16-2)11-5-4-10(9-14)12(13)8-11/h4-5,8H,3,6-7H2,1-2H3. The number of hydrogen-bond acceptors (Lipinski definition) is 3. The lowest BCUT2D eigenvalue weighted by Gasteiger charge is -2.22. The number of benzene rings is 1. The van der Waals surface area contributed by atoms with Gasteiger partial charge in [0.1, 0.15) is 6.07 Å². The van der Waals surface area contributed by atoms with E-state index in [1.54, 1.807) is 13.2 Å². The van der Waals surface area contributed by atoms with Crippen LogP contribution in [0, 0.1) is 11.3 Å². The van der Waals surface area contributed by atoms with Gasteiger partial charge in [0.25, 0.3) is 0 Å². The normalized spacial score (nSPS) is 9.88. The van der Waals surface area contributed by atoms with Crippen molar-refractivity contribution in [1.82, 2.24) is 0 Å². The minimum atomic E-state index is 0.496. The van der Waals surface area contributed by atoms with E-state index in [1.807, 2.05) is 18.2 Å². The molecule has 0 aliphatic heterocycles. The van der Waals surface area contributed by atoms with Gasteiger partial charge in [-0.2, -0.15) is 5.26 Å². The molecule has 0 atom stereocenters. The van der Waals surface area contributed by atoms with Crippen molar-refractivity contribution < 1.29 is 4.74 Å². The molecule has 0 radical (unpaired) electrons. The maximum atomic E-state index is 8.78. The third-order valence-electron chi connectivity index (χ3n) is 2.39. The number of nitrogens with zero attached hydrogens (tertiary/aromatic N) is 2. The van der Waals surface area contributed by atoms with Crippen molar-refractivity contribution >= 4 is 17.3 Å². The van der Waals surface area contributed by atoms with Gasteiger partial charge in [0, 0.05) is 25.9 Å². The Hall–Kier alpha value is -1.24. The lowest BCUT2D eigenvalue weighted by Crippen LogP contribution is -2.26. The summed E-state index contributed by atoms with van der Waals surface area (Å²) < 4.78 is 5.04. The van der Waals surface area contributed by atoms with Crippen molar-refractivity contribution in [1.29, 1.82) is 5.26 Å². The molecule has 0 unspecified atom stereocenters. The van der Waals surface area contributed by atoms with Gasteiger partial charge < -0.3 is 9.64 Å². The average Bonchev–Trinajstić information content (AvgIpc) is 2.30. The highest BCUT2D eigenvalue weighted by Gasteiger charge is 2.06. The number of rotatable bonds is 5. The molecule has 1 rings (SSSR count). The Morgan fingerprint density at radius 3 is 2.75 bits per heavy atom. The monoisotopic (exact) mass is 238 g/mol. The number of hydrogen-bond donors (Lipinski definition) is 0. The molecule has 0 N–H and O–H groups in total. The third-order valence-corrected chi connectivity index (χ3v) is 2.70. The van der Waals surface area contributed by atoms with Gasteiger partial charge in [-0.25, -0.2) is 0 Å². The summed E-state index contributed by atoms with van der Waals surface area (Å²) in [6.07, 6.45) is 0. The predicted molar refractivity (Wildman–Crippen MR) is 65.9 cm³/mol. The zero-order valence-electron chi connectivity index (χ0n) is 9.53. The number of anilines is 1. The molecular weight excluding hydrogens is 224 g/mol. The first kappa shape index (κ1) is 12.8. The fourth-order valence-electron chi connectivity index (χ4n) is 1.46. The Morgan fingerprint density at radius 1 is 1.50 bits per heavy atom. The van der Waals surface area contributed by atoms with Crippen molar-refractivity contribution in [2.24, 2.45) is 0 Å². The zero-order valence-corrected chi connectivity index (χ0v) is 10.3. The Kier molecular flexibility index (Phi) is 5.10. The lowest BCUT2D eigenvalue weighted by atomic mass is 10.2. The molecule has 86 valence electrons. The summed E-state index contributed by atoms with van der Waals surface area (Å²) >= 11 is 5.98. The number of nitriles is 1. The molecule has 0 aromatic heterocycles. The average molecular weight is 239 g/mol. The summed E-state index contributed by atoms with van der Waals surface area (Å²) in [5, 5.41) is 9.27. The second-order valence-corrected chi connectivity index (χ2v) is 3.76. The zero-order chi connectivity index (χ0) is 12.0. The van der Waals surface area contributed by atoms with Gasteiger partial charge in [-0.3, -0.25) is 0 Å². The molecule has 0 amide bonds. The smallest absolute Gasteiger partial charge is 0.101 e. The first-order chi connectivity index (χ1) is 7.72. The molecule has 0 fully saturated rings. The Bertz CT molecular complexity index is 387. The molecule has 0 saturated heterocycles. The van der Waals surface area contributed by atoms with Crippen LogP contribution in [0.4, 0.5) is 5.69 Å². The fraction of sp³-hybridized carbons (Fsp3) is 0.417. The van der Waals surface area contributed by atoms with Crippen LogP contribution in [0.25, 0.3) is 0 Å². The molecule has 0 saturated carbocycles. The van der Waals surface area contributed by atoms with Gasteiger partial charge in [0.05, 0.1) is 17.2 Å². The van der Waals surface area contributed by atoms with Crippen molar-refractivity contribution in [2.45, 2.75) is 6.92 Å². The molecular formula is C12H15ClN2O. The van der Waals surface area contributed by atoms with E-state index in [2.05, 4.69) is 11.8 Å². The van der Waals surface area contributed by atoms with E-state index in [0.717, 1.165) is 18.8 Å². The Balaban J connectivity index is 2.86. The molecule has 3 nitrogen and oxygen atoms in total. The van der Waals surface area contributed by atoms with E-state index in [4.69, 9.17) is 21.6 Å². The second kappa shape index (κ2) is 6.37. The van der Waals surface area contributed by atoms with Crippen LogP contribution in [0.1, 0.15) is 12.5 Å². The largest absolute Gasteiger partial charge is 0.383 e. The molecule has 0 aliphatic rings. The number of methoxy groups -OCH3 is 1. The van der Waals surface area contributed by atoms with Crippen LogP contribution >= 0.6 is 11.6 Å². The third kappa shape index (κ3) is 3.13. The van der Waals surface area contributed by atoms with Crippen molar-refractivity contribution in [2.75, 3.05) is 31.7 Å². The van der Waals surface area contributed by atoms with Crippen molar-refractivity contribution in [3.8, 4) is 6.07 Å². The molecule has 0 bridgehead atoms. The maximum Gasteiger partial charge on any atom is 0.101 e. The number of likely N-dealkylation sites (N-methyl/N-ethyl adjacent to an activating group) is 1. The highest BCUT2D eigenvalue weighted by molar-refractivity contribution is 6.32. The van der Waals surface area contributed by atoms with Crippen LogP contribution in [0.15, 0.2) is 18.2 Å². The van der Waals surface area contributed by atoms with Crippen LogP contribution in [0.5, 0.6) is 0 Å². The highest BCUT2D eigenvalue weighted by atomic mass is 35.5. The highest BCUT2D eigenvalue weighted by Crippen LogP contribution is 2.23. The van der Waals surface area contributed by atoms with Gasteiger partial charge >= 0.3 is 0 Å². The summed E-state index contributed by atoms with van der Waals surface area (Å²) in [5.41, 5.74) is 1.52. The topological polar surface area (TPSA) is 36.3 Å². The molecule has 4 heteroatoms. The molecule has 1 aromatic rings. The molecule has 1 aromatic carbocycles.